The minimum atomic E-state index is -2.91. The Morgan fingerprint density at radius 2 is 1.83 bits per heavy atom. The molecule has 0 aromatic carbocycles. The lowest BCUT2D eigenvalue weighted by Gasteiger charge is -2.34. The number of fused-ring (bicyclic) bond motifs is 1. The predicted molar refractivity (Wildman–Crippen MR) is 128 cm³/mol. The largest absolute Gasteiger partial charge is 0.851 e. The van der Waals surface area contributed by atoms with E-state index in [1.165, 1.54) is 17.2 Å². The first-order chi connectivity index (χ1) is 12.5. The third kappa shape index (κ3) is 6.76. The standard InChI is InChI=1S/C11H14N5O5P2S4.3H3N/c12-9-6-10(14-2-13-9)16(3-15-6)11-8(18)7(17)5(21-11)1-20-23(26,27)4-22(19,24)25;;;/h2-3,5,7-8,11H,1,4H2,(H4-,12,13,14,19,24,25,26,27);3*1H3/q-3;;;/p+3/t5-,7-,8-,11-;;;/m1.../s1. The molecule has 0 aliphatic carbocycles. The first-order valence-corrected chi connectivity index (χ1v) is 15.5. The Labute approximate surface area is 193 Å². The molecule has 2 aromatic heterocycles. The summed E-state index contributed by atoms with van der Waals surface area (Å²) in [5.74, 6) is -0.160. The van der Waals surface area contributed by atoms with E-state index in [1.54, 1.807) is 0 Å². The van der Waals surface area contributed by atoms with Gasteiger partial charge in [0, 0.05) is 6.33 Å². The van der Waals surface area contributed by atoms with E-state index in [9.17, 15) is 15.1 Å². The fourth-order valence-electron chi connectivity index (χ4n) is 2.57. The van der Waals surface area contributed by atoms with Crippen LogP contribution in [-0.4, -0.2) is 55.2 Å². The number of aromatic nitrogens is 4. The molecule has 3 rings (SSSR count). The minimum absolute atomic E-state index is 0. The van der Waals surface area contributed by atoms with Gasteiger partial charge in [-0.25, -0.2) is 9.97 Å². The highest BCUT2D eigenvalue weighted by atomic mass is 32.9. The smallest absolute Gasteiger partial charge is 0.161 e. The fourth-order valence-corrected chi connectivity index (χ4v) is 14.8. The highest BCUT2D eigenvalue weighted by Gasteiger charge is 2.35. The summed E-state index contributed by atoms with van der Waals surface area (Å²) in [6, 6.07) is 0. The first kappa shape index (κ1) is 30.0. The third-order valence-corrected chi connectivity index (χ3v) is 12.2. The van der Waals surface area contributed by atoms with Crippen molar-refractivity contribution in [1.82, 2.24) is 38.0 Å². The van der Waals surface area contributed by atoms with Gasteiger partial charge in [0.1, 0.15) is 22.7 Å². The van der Waals surface area contributed by atoms with Crippen molar-refractivity contribution in [2.24, 2.45) is 0 Å². The molecule has 30 heavy (non-hydrogen) atoms. The van der Waals surface area contributed by atoms with Crippen LogP contribution in [0.1, 0.15) is 6.23 Å². The van der Waals surface area contributed by atoms with Crippen molar-refractivity contribution < 1.29 is 24.4 Å². The van der Waals surface area contributed by atoms with Crippen molar-refractivity contribution in [3.8, 4) is 0 Å². The highest BCUT2D eigenvalue weighted by Crippen LogP contribution is 2.65. The molecule has 1 saturated heterocycles. The van der Waals surface area contributed by atoms with Crippen molar-refractivity contribution in [3.05, 3.63) is 18.4 Å². The average molecular weight is 541 g/mol. The summed E-state index contributed by atoms with van der Waals surface area (Å²) in [5, 5.41) is 24.8. The minimum Gasteiger partial charge on any atom is -0.851 e. The Morgan fingerprint density at radius 3 is 2.43 bits per heavy atom. The molecule has 2 aromatic rings. The molecule has 0 saturated carbocycles. The molecule has 14 N–H and O–H groups in total. The Balaban J connectivity index is 0.00000280. The zero-order valence-corrected chi connectivity index (χ0v) is 21.6. The number of hydrogen-bond acceptors (Lipinski definition) is 9. The molecule has 0 spiro atoms. The molecule has 3 heterocycles. The van der Waals surface area contributed by atoms with Crippen LogP contribution in [0.3, 0.4) is 0 Å². The van der Waals surface area contributed by atoms with E-state index in [-0.39, 0.29) is 47.9 Å². The molecular formula is C11H26N8O5P2S4. The molecule has 0 radical (unpaired) electrons. The van der Waals surface area contributed by atoms with Crippen LogP contribution in [0.25, 0.3) is 16.9 Å². The lowest BCUT2D eigenvalue weighted by Crippen LogP contribution is -2.50. The summed E-state index contributed by atoms with van der Waals surface area (Å²) in [4.78, 5) is 21.4. The van der Waals surface area contributed by atoms with Crippen LogP contribution in [0, 0.1) is 0 Å². The van der Waals surface area contributed by atoms with Crippen molar-refractivity contribution in [2.45, 2.75) is 24.5 Å². The van der Waals surface area contributed by atoms with Crippen molar-refractivity contribution in [2.75, 3.05) is 12.5 Å². The Hall–Kier alpha value is 0.0300. The molecule has 6 atom stereocenters. The monoisotopic (exact) mass is 540 g/mol. The molecule has 0 amide bonds. The molecule has 13 nitrogen and oxygen atoms in total. The highest BCUT2D eigenvalue weighted by molar-refractivity contribution is 8.69. The number of nitrogens with zero attached hydrogens (tertiary/aromatic N) is 4. The summed E-state index contributed by atoms with van der Waals surface area (Å²) < 4.78 is 12.4. The van der Waals surface area contributed by atoms with Crippen LogP contribution in [0.4, 0.5) is 5.82 Å². The predicted octanol–water partition coefficient (Wildman–Crippen LogP) is 1.44. The number of imidazole rings is 1. The quantitative estimate of drug-likeness (QED) is 0.227. The van der Waals surface area contributed by atoms with Crippen molar-refractivity contribution in [1.29, 1.82) is 0 Å². The second kappa shape index (κ2) is 11.2. The molecule has 19 heteroatoms. The van der Waals surface area contributed by atoms with Crippen LogP contribution in [-0.2, 0) is 32.9 Å². The zero-order chi connectivity index (χ0) is 20.0. The van der Waals surface area contributed by atoms with Crippen LogP contribution >= 0.6 is 35.4 Å². The van der Waals surface area contributed by atoms with E-state index in [0.29, 0.717) is 0 Å². The topological polar surface area (TPSA) is 262 Å². The van der Waals surface area contributed by atoms with Crippen LogP contribution in [0.2, 0.25) is 0 Å². The Bertz CT molecular complexity index is 947. The Kier molecular flexibility index (Phi) is 11.3. The van der Waals surface area contributed by atoms with Gasteiger partial charge in [-0.3, -0.25) is 4.57 Å². The second-order valence-corrected chi connectivity index (χ2v) is 18.9. The lowest BCUT2D eigenvalue weighted by molar-refractivity contribution is -0.527. The Morgan fingerprint density at radius 1 is 1.20 bits per heavy atom. The molecule has 174 valence electrons. The number of nitrogens with one attached hydrogen (secondary N) is 1. The molecule has 2 unspecified atom stereocenters. The van der Waals surface area contributed by atoms with Gasteiger partial charge in [0.2, 0.25) is 0 Å². The van der Waals surface area contributed by atoms with Crippen LogP contribution < -0.4 is 28.7 Å². The molecule has 1 aliphatic heterocycles. The first-order valence-electron chi connectivity index (χ1n) is 7.36. The van der Waals surface area contributed by atoms with Gasteiger partial charge < -0.3 is 53.5 Å². The van der Waals surface area contributed by atoms with E-state index in [0.717, 1.165) is 0 Å². The van der Waals surface area contributed by atoms with Gasteiger partial charge in [0.25, 0.3) is 0 Å². The molecule has 1 fully saturated rings. The van der Waals surface area contributed by atoms with Gasteiger partial charge in [-0.2, -0.15) is 0 Å². The van der Waals surface area contributed by atoms with Gasteiger partial charge in [0.15, 0.2) is 5.65 Å². The second-order valence-electron chi connectivity index (χ2n) is 5.78. The third-order valence-electron chi connectivity index (χ3n) is 3.72. The van der Waals surface area contributed by atoms with Gasteiger partial charge >= 0.3 is 0 Å². The summed E-state index contributed by atoms with van der Waals surface area (Å²) in [5.41, 5.74) is 2.44. The number of rotatable bonds is 6. The SMILES string of the molecule is [NH-]c1ncnc2c1ncn2[C@@H]1O[C@H](COP(=S)(S)CP(O)(=S)S)[C@@H]([O-])[C@H]1[O-].[NH4+].[NH4+].[NH4+]. The van der Waals surface area contributed by atoms with Crippen LogP contribution in [0.15, 0.2) is 12.7 Å². The van der Waals surface area contributed by atoms with E-state index < -0.39 is 35.5 Å². The summed E-state index contributed by atoms with van der Waals surface area (Å²) in [7, 11) is 0. The number of hydrogen-bond donors (Lipinski definition) is 6. The maximum Gasteiger partial charge on any atom is 0.161 e. The van der Waals surface area contributed by atoms with Gasteiger partial charge in [0.05, 0.1) is 24.9 Å². The molecule has 1 aliphatic rings. The average Bonchev–Trinajstić information content (AvgIpc) is 3.07. The maximum absolute atomic E-state index is 12.4. The van der Waals surface area contributed by atoms with Gasteiger partial charge in [-0.05, 0) is 5.82 Å². The lowest BCUT2D eigenvalue weighted by atomic mass is 10.1. The van der Waals surface area contributed by atoms with Gasteiger partial charge in [-0.1, -0.05) is 29.7 Å². The van der Waals surface area contributed by atoms with E-state index in [2.05, 4.69) is 39.4 Å². The van der Waals surface area contributed by atoms with Crippen molar-refractivity contribution >= 4 is 76.0 Å². The summed E-state index contributed by atoms with van der Waals surface area (Å²) >= 11 is 18.2. The zero-order valence-electron chi connectivity index (χ0n) is 16.4. The van der Waals surface area contributed by atoms with Gasteiger partial charge in [-0.15, -0.1) is 30.6 Å². The summed E-state index contributed by atoms with van der Waals surface area (Å²) in [6.07, 6.45) is -3.05. The van der Waals surface area contributed by atoms with Crippen LogP contribution in [0.5, 0.6) is 0 Å². The van der Waals surface area contributed by atoms with Crippen molar-refractivity contribution in [3.63, 3.8) is 0 Å². The normalized spacial score (nSPS) is 27.2. The molecular weight excluding hydrogens is 514 g/mol. The van der Waals surface area contributed by atoms with E-state index in [1.807, 2.05) is 0 Å². The molecule has 0 bridgehead atoms. The van der Waals surface area contributed by atoms with E-state index >= 15 is 0 Å². The summed E-state index contributed by atoms with van der Waals surface area (Å²) in [6.45, 7) is -0.251. The maximum atomic E-state index is 12.4. The van der Waals surface area contributed by atoms with E-state index in [4.69, 9.17) is 38.6 Å². The number of ether oxygens (including phenoxy) is 1. The number of thiol groups is 2. The number of quaternary nitrogens is 3. The fraction of sp³-hybridized carbons (Fsp3) is 0.545.